The van der Waals surface area contributed by atoms with Crippen molar-refractivity contribution in [3.05, 3.63) is 0 Å². The number of phosphoric acid groups is 1. The average molecular weight is 944 g/mol. The predicted octanol–water partition coefficient (Wildman–Crippen LogP) is 4.94. The number of amides is 1. The van der Waals surface area contributed by atoms with Crippen molar-refractivity contribution in [2.24, 2.45) is 0 Å². The standard InChI is InChI=1S/C46H90NO16P/c1-3-5-7-9-11-13-15-17-19-21-23-25-27-29-34(49)33(47-36(50)30-28-26-24-22-20-18-16-14-12-10-8-6-4-2)32-60-64(58,59)63-45-42(56)40(54)39(53)41(55)44(45)62-46-43(57)38(52)37(51)35(31-48)61-46/h33-35,37-46,48-49,51-57H,3-32H2,1-2H3,(H,47,50)(H,58,59)/t33-,34+,35+,37+,38?,39?,40?,41+,42?,43?,44?,45-,46+/m0/s1. The third-order valence-electron chi connectivity index (χ3n) is 12.8. The maximum absolute atomic E-state index is 13.5. The van der Waals surface area contributed by atoms with Crippen LogP contribution in [0.3, 0.4) is 0 Å². The highest BCUT2D eigenvalue weighted by Crippen LogP contribution is 2.48. The molecule has 1 saturated carbocycles. The molecule has 1 aliphatic carbocycles. The fourth-order valence-electron chi connectivity index (χ4n) is 8.56. The topological polar surface area (TPSA) is 285 Å². The van der Waals surface area contributed by atoms with Gasteiger partial charge >= 0.3 is 7.82 Å². The summed E-state index contributed by atoms with van der Waals surface area (Å²) >= 11 is 0. The second kappa shape index (κ2) is 34.4. The van der Waals surface area contributed by atoms with E-state index in [0.717, 1.165) is 51.4 Å². The van der Waals surface area contributed by atoms with Crippen LogP contribution in [0.5, 0.6) is 0 Å². The SMILES string of the molecule is CCCCCCCCCCCCCCCC(=O)N[C@@H](COP(=O)(O)O[C@H]1C(O)C(O)C(O)[C@@H](O)C1O[C@H]1O[C@H](CO)[C@@H](O)C(O)C1O)[C@H](O)CCCCCCCCCCCCCCC. The van der Waals surface area contributed by atoms with Gasteiger partial charge in [0.25, 0.3) is 0 Å². The molecule has 64 heavy (non-hydrogen) atoms. The Hall–Kier alpha value is -0.860. The lowest BCUT2D eigenvalue weighted by atomic mass is 9.84. The summed E-state index contributed by atoms with van der Waals surface area (Å²) in [5.74, 6) is -0.370. The molecule has 0 bridgehead atoms. The van der Waals surface area contributed by atoms with Gasteiger partial charge in [-0.05, 0) is 12.8 Å². The molecular weight excluding hydrogens is 853 g/mol. The fourth-order valence-corrected chi connectivity index (χ4v) is 9.52. The molecule has 1 heterocycles. The highest BCUT2D eigenvalue weighted by Gasteiger charge is 2.55. The van der Waals surface area contributed by atoms with Crippen LogP contribution >= 0.6 is 7.82 Å². The first-order valence-corrected chi connectivity index (χ1v) is 26.5. The van der Waals surface area contributed by atoms with Gasteiger partial charge in [-0.25, -0.2) is 4.57 Å². The van der Waals surface area contributed by atoms with Gasteiger partial charge < -0.3 is 65.6 Å². The third-order valence-corrected chi connectivity index (χ3v) is 13.8. The highest BCUT2D eigenvalue weighted by molar-refractivity contribution is 7.47. The van der Waals surface area contributed by atoms with Crippen LogP contribution in [0.15, 0.2) is 0 Å². The van der Waals surface area contributed by atoms with Crippen molar-refractivity contribution in [2.45, 2.75) is 273 Å². The molecule has 2 aliphatic rings. The normalized spacial score (nSPS) is 29.3. The van der Waals surface area contributed by atoms with E-state index in [9.17, 15) is 60.2 Å². The molecule has 1 amide bonds. The number of aliphatic hydroxyl groups is 9. The van der Waals surface area contributed by atoms with E-state index in [4.69, 9.17) is 18.5 Å². The Bertz CT molecular complexity index is 1220. The smallest absolute Gasteiger partial charge is 0.394 e. The van der Waals surface area contributed by atoms with Crippen LogP contribution in [0.25, 0.3) is 0 Å². The van der Waals surface area contributed by atoms with Crippen molar-refractivity contribution in [3.8, 4) is 0 Å². The summed E-state index contributed by atoms with van der Waals surface area (Å²) in [7, 11) is -5.30. The highest BCUT2D eigenvalue weighted by atomic mass is 31.2. The molecule has 2 fully saturated rings. The van der Waals surface area contributed by atoms with Gasteiger partial charge in [-0.3, -0.25) is 13.8 Å². The summed E-state index contributed by atoms with van der Waals surface area (Å²) in [6.07, 6.45) is 7.36. The number of hydrogen-bond donors (Lipinski definition) is 11. The third kappa shape index (κ3) is 23.0. The molecule has 2 rings (SSSR count). The zero-order valence-corrected chi connectivity index (χ0v) is 40.0. The van der Waals surface area contributed by atoms with Gasteiger partial charge in [-0.15, -0.1) is 0 Å². The molecule has 0 aromatic rings. The van der Waals surface area contributed by atoms with Gasteiger partial charge in [0.2, 0.25) is 5.91 Å². The monoisotopic (exact) mass is 944 g/mol. The molecule has 0 aromatic carbocycles. The fraction of sp³-hybridized carbons (Fsp3) is 0.978. The van der Waals surface area contributed by atoms with Gasteiger partial charge in [0.05, 0.1) is 25.4 Å². The van der Waals surface area contributed by atoms with Crippen molar-refractivity contribution in [2.75, 3.05) is 13.2 Å². The Morgan fingerprint density at radius 3 is 1.44 bits per heavy atom. The van der Waals surface area contributed by atoms with Gasteiger partial charge in [-0.1, -0.05) is 174 Å². The second-order valence-electron chi connectivity index (χ2n) is 18.4. The van der Waals surface area contributed by atoms with E-state index < -0.39 is 101 Å². The molecule has 1 aliphatic heterocycles. The maximum Gasteiger partial charge on any atom is 0.472 e. The largest absolute Gasteiger partial charge is 0.472 e. The molecule has 14 atom stereocenters. The van der Waals surface area contributed by atoms with Crippen LogP contribution in [0, 0.1) is 0 Å². The number of carbonyl (C=O) groups excluding carboxylic acids is 1. The number of nitrogens with one attached hydrogen (secondary N) is 1. The molecule has 0 spiro atoms. The van der Waals surface area contributed by atoms with E-state index in [-0.39, 0.29) is 18.7 Å². The molecule has 0 radical (unpaired) electrons. The first-order valence-electron chi connectivity index (χ1n) is 25.0. The van der Waals surface area contributed by atoms with Crippen LogP contribution in [-0.4, -0.2) is 149 Å². The van der Waals surface area contributed by atoms with Crippen LogP contribution in [0.4, 0.5) is 0 Å². The Kier molecular flexibility index (Phi) is 31.9. The quantitative estimate of drug-likeness (QED) is 0.0289. The Labute approximate surface area is 383 Å². The lowest BCUT2D eigenvalue weighted by Gasteiger charge is -2.47. The second-order valence-corrected chi connectivity index (χ2v) is 19.8. The summed E-state index contributed by atoms with van der Waals surface area (Å²) in [6.45, 7) is 2.91. The van der Waals surface area contributed by atoms with E-state index in [1.165, 1.54) is 103 Å². The Balaban J connectivity index is 1.98. The number of unbranched alkanes of at least 4 members (excludes halogenated alkanes) is 24. The first kappa shape index (κ1) is 59.3. The van der Waals surface area contributed by atoms with Crippen molar-refractivity contribution in [1.29, 1.82) is 0 Å². The molecule has 7 unspecified atom stereocenters. The number of rotatable bonds is 38. The summed E-state index contributed by atoms with van der Waals surface area (Å²) in [4.78, 5) is 24.0. The van der Waals surface area contributed by atoms with E-state index >= 15 is 0 Å². The van der Waals surface area contributed by atoms with E-state index in [0.29, 0.717) is 12.8 Å². The molecular formula is C46H90NO16P. The maximum atomic E-state index is 13.5. The molecule has 17 nitrogen and oxygen atoms in total. The van der Waals surface area contributed by atoms with Crippen molar-refractivity contribution >= 4 is 13.7 Å². The summed E-state index contributed by atoms with van der Waals surface area (Å²) in [5.41, 5.74) is 0. The van der Waals surface area contributed by atoms with Crippen LogP contribution in [0.1, 0.15) is 194 Å². The minimum absolute atomic E-state index is 0.177. The van der Waals surface area contributed by atoms with E-state index in [2.05, 4.69) is 19.2 Å². The van der Waals surface area contributed by atoms with Crippen LogP contribution in [-0.2, 0) is 27.9 Å². The summed E-state index contributed by atoms with van der Waals surface area (Å²) in [6, 6.07) is -1.13. The summed E-state index contributed by atoms with van der Waals surface area (Å²) in [5, 5.41) is 97.0. The zero-order valence-electron chi connectivity index (χ0n) is 39.1. The number of ether oxygens (including phenoxy) is 2. The number of carbonyl (C=O) groups is 1. The molecule has 11 N–H and O–H groups in total. The van der Waals surface area contributed by atoms with Crippen molar-refractivity contribution in [3.63, 3.8) is 0 Å². The van der Waals surface area contributed by atoms with Gasteiger partial charge in [-0.2, -0.15) is 0 Å². The first-order chi connectivity index (χ1) is 30.7. The Morgan fingerprint density at radius 2 is 0.984 bits per heavy atom. The zero-order chi connectivity index (χ0) is 47.3. The van der Waals surface area contributed by atoms with E-state index in [1.54, 1.807) is 0 Å². The molecule has 18 heteroatoms. The van der Waals surface area contributed by atoms with Crippen LogP contribution in [0.2, 0.25) is 0 Å². The molecule has 1 saturated heterocycles. The lowest BCUT2D eigenvalue weighted by Crippen LogP contribution is -2.67. The average Bonchev–Trinajstić information content (AvgIpc) is 3.27. The van der Waals surface area contributed by atoms with Gasteiger partial charge in [0.15, 0.2) is 6.29 Å². The predicted molar refractivity (Wildman–Crippen MR) is 242 cm³/mol. The molecule has 380 valence electrons. The van der Waals surface area contributed by atoms with Crippen molar-refractivity contribution < 1.29 is 78.7 Å². The van der Waals surface area contributed by atoms with Gasteiger partial charge in [0.1, 0.15) is 61.0 Å². The van der Waals surface area contributed by atoms with Gasteiger partial charge in [0, 0.05) is 6.42 Å². The number of hydrogen-bond acceptors (Lipinski definition) is 15. The minimum atomic E-state index is -5.30. The summed E-state index contributed by atoms with van der Waals surface area (Å²) < 4.78 is 34.8. The Morgan fingerprint density at radius 1 is 0.578 bits per heavy atom. The van der Waals surface area contributed by atoms with Crippen molar-refractivity contribution in [1.82, 2.24) is 5.32 Å². The van der Waals surface area contributed by atoms with E-state index in [1.807, 2.05) is 0 Å². The lowest BCUT2D eigenvalue weighted by molar-refractivity contribution is -0.338. The molecule has 0 aromatic heterocycles. The minimum Gasteiger partial charge on any atom is -0.394 e. The number of phosphoric ester groups is 1. The number of aliphatic hydroxyl groups excluding tert-OH is 9. The van der Waals surface area contributed by atoms with Crippen LogP contribution < -0.4 is 5.32 Å².